The maximum absolute atomic E-state index is 2.33. The van der Waals surface area contributed by atoms with Gasteiger partial charge in [0.2, 0.25) is 0 Å². The van der Waals surface area contributed by atoms with Gasteiger partial charge in [0, 0.05) is 102 Å². The lowest BCUT2D eigenvalue weighted by atomic mass is 10.1. The van der Waals surface area contributed by atoms with E-state index in [1.165, 1.54) is 22.3 Å². The lowest BCUT2D eigenvalue weighted by molar-refractivity contribution is 1.23. The summed E-state index contributed by atoms with van der Waals surface area (Å²) in [5.41, 5.74) is 24.2. The summed E-state index contributed by atoms with van der Waals surface area (Å²) in [6.07, 6.45) is 0. The largest absolute Gasteiger partial charge is 0.311 e. The molecule has 0 bridgehead atoms. The average molecular weight is 1140 g/mol. The predicted molar refractivity (Wildman–Crippen MR) is 373 cm³/mol. The normalized spacial score (nSPS) is 11.0. The Morgan fingerprint density at radius 1 is 0.125 bits per heavy atom. The van der Waals surface area contributed by atoms with Gasteiger partial charge in [0.1, 0.15) is 0 Å². The molecule has 0 atom stereocenters. The minimum atomic E-state index is 1.04. The van der Waals surface area contributed by atoms with Crippen LogP contribution < -0.4 is 29.4 Å². The van der Waals surface area contributed by atoms with Crippen molar-refractivity contribution in [2.24, 2.45) is 0 Å². The summed E-state index contributed by atoms with van der Waals surface area (Å²) in [6, 6.07) is 122. The van der Waals surface area contributed by atoms with E-state index in [0.29, 0.717) is 0 Å². The highest BCUT2D eigenvalue weighted by molar-refractivity contribution is 5.87. The number of benzene rings is 13. The van der Waals surface area contributed by atoms with Gasteiger partial charge in [0.05, 0.1) is 0 Å². The fraction of sp³-hybridized carbons (Fsp3) is 0.0488. The van der Waals surface area contributed by atoms with Crippen LogP contribution in [0, 0.1) is 27.7 Å². The molecule has 88 heavy (non-hydrogen) atoms. The molecule has 0 aromatic heterocycles. The van der Waals surface area contributed by atoms with Gasteiger partial charge >= 0.3 is 0 Å². The first-order valence-electron chi connectivity index (χ1n) is 30.1. The molecule has 0 heterocycles. The second-order valence-electron chi connectivity index (χ2n) is 22.3. The smallest absolute Gasteiger partial charge is 0.0464 e. The average Bonchev–Trinajstić information content (AvgIpc) is 2.40. The standard InChI is InChI=1S/C82H68N6/c1-61-21-17-33-79(57-61)87(80-34-18-22-62(2)58-80)77-53-49-75(50-54-77)85(67-29-13-7-14-30-67)73-45-41-71(42-46-73)83(65-25-9-5-10-26-65)69-37-39-70(40-38-69)84(66-27-11-6-12-28-66)72-43-47-74(48-44-72)86(68-31-15-8-16-32-68)76-51-55-78(56-52-76)88(81-35-19-23-63(3)59-81)82-36-20-24-64(4)60-82/h5-60H,1-4H3. The van der Waals surface area contributed by atoms with E-state index < -0.39 is 0 Å². The molecule has 0 radical (unpaired) electrons. The SMILES string of the molecule is Cc1cccc(N(c2ccc(N(c3ccccc3)c3ccc(N(c4ccccc4)c4ccc(N(c5ccccc5)c5ccc(N(c6ccccc6)c6ccc(N(c7cccc(C)c7)c7cccc(C)c7)cc6)cc5)cc4)cc3)cc2)c2cccc(C)c2)c1. The van der Waals surface area contributed by atoms with Gasteiger partial charge in [0.15, 0.2) is 0 Å². The summed E-state index contributed by atoms with van der Waals surface area (Å²) in [5, 5.41) is 0. The lowest BCUT2D eigenvalue weighted by Crippen LogP contribution is -2.14. The van der Waals surface area contributed by atoms with Crippen molar-refractivity contribution >= 4 is 102 Å². The minimum absolute atomic E-state index is 1.04. The van der Waals surface area contributed by atoms with E-state index in [9.17, 15) is 0 Å². The van der Waals surface area contributed by atoms with Crippen molar-refractivity contribution < 1.29 is 0 Å². The highest BCUT2D eigenvalue weighted by Crippen LogP contribution is 2.45. The fourth-order valence-electron chi connectivity index (χ4n) is 11.8. The van der Waals surface area contributed by atoms with Crippen LogP contribution in [0.15, 0.2) is 340 Å². The van der Waals surface area contributed by atoms with Gasteiger partial charge in [-0.2, -0.15) is 0 Å². The molecule has 0 saturated heterocycles. The molecule has 13 rings (SSSR count). The summed E-state index contributed by atoms with van der Waals surface area (Å²) in [7, 11) is 0. The summed E-state index contributed by atoms with van der Waals surface area (Å²) < 4.78 is 0. The monoisotopic (exact) mass is 1140 g/mol. The molecule has 0 unspecified atom stereocenters. The quantitative estimate of drug-likeness (QED) is 0.0847. The fourth-order valence-corrected chi connectivity index (χ4v) is 11.8. The maximum atomic E-state index is 2.33. The Bertz CT molecular complexity index is 4030. The molecule has 13 aromatic carbocycles. The van der Waals surface area contributed by atoms with Gasteiger partial charge in [-0.1, -0.05) is 121 Å². The molecular formula is C82H68N6. The molecular weight excluding hydrogens is 1070 g/mol. The van der Waals surface area contributed by atoms with Crippen molar-refractivity contribution in [2.75, 3.05) is 29.4 Å². The van der Waals surface area contributed by atoms with Crippen LogP contribution in [0.1, 0.15) is 22.3 Å². The number of anilines is 18. The van der Waals surface area contributed by atoms with Crippen LogP contribution >= 0.6 is 0 Å². The van der Waals surface area contributed by atoms with Crippen molar-refractivity contribution in [1.29, 1.82) is 0 Å². The Morgan fingerprint density at radius 2 is 0.250 bits per heavy atom. The highest BCUT2D eigenvalue weighted by atomic mass is 15.2. The Morgan fingerprint density at radius 3 is 0.398 bits per heavy atom. The highest BCUT2D eigenvalue weighted by Gasteiger charge is 2.22. The van der Waals surface area contributed by atoms with Gasteiger partial charge in [-0.05, 0) is 268 Å². The van der Waals surface area contributed by atoms with Crippen molar-refractivity contribution in [1.82, 2.24) is 0 Å². The van der Waals surface area contributed by atoms with Crippen molar-refractivity contribution in [3.05, 3.63) is 362 Å². The zero-order valence-corrected chi connectivity index (χ0v) is 50.0. The van der Waals surface area contributed by atoms with Crippen LogP contribution in [-0.2, 0) is 0 Å². The van der Waals surface area contributed by atoms with E-state index >= 15 is 0 Å². The van der Waals surface area contributed by atoms with Crippen LogP contribution in [0.2, 0.25) is 0 Å². The summed E-state index contributed by atoms with van der Waals surface area (Å²) in [5.74, 6) is 0. The molecule has 426 valence electrons. The first-order chi connectivity index (χ1) is 43.3. The lowest BCUT2D eigenvalue weighted by Gasteiger charge is -2.30. The van der Waals surface area contributed by atoms with Crippen LogP contribution in [0.25, 0.3) is 0 Å². The number of hydrogen-bond acceptors (Lipinski definition) is 6. The Kier molecular flexibility index (Phi) is 16.2. The van der Waals surface area contributed by atoms with E-state index in [1.807, 2.05) is 0 Å². The number of aryl methyl sites for hydroxylation is 4. The number of rotatable bonds is 18. The van der Waals surface area contributed by atoms with Gasteiger partial charge in [-0.3, -0.25) is 0 Å². The molecule has 0 aliphatic heterocycles. The molecule has 0 aliphatic rings. The second-order valence-corrected chi connectivity index (χ2v) is 22.3. The zero-order chi connectivity index (χ0) is 59.8. The number of hydrogen-bond donors (Lipinski definition) is 0. The topological polar surface area (TPSA) is 19.4 Å². The Hall–Kier alpha value is -11.3. The van der Waals surface area contributed by atoms with E-state index in [0.717, 1.165) is 102 Å². The molecule has 0 aliphatic carbocycles. The van der Waals surface area contributed by atoms with Gasteiger partial charge in [-0.25, -0.2) is 0 Å². The molecule has 0 spiro atoms. The summed E-state index contributed by atoms with van der Waals surface area (Å²) in [4.78, 5) is 14.0. The molecule has 13 aromatic rings. The van der Waals surface area contributed by atoms with Crippen LogP contribution in [0.4, 0.5) is 102 Å². The van der Waals surface area contributed by atoms with Crippen molar-refractivity contribution in [3.8, 4) is 0 Å². The minimum Gasteiger partial charge on any atom is -0.311 e. The second kappa shape index (κ2) is 25.5. The first kappa shape index (κ1) is 55.8. The van der Waals surface area contributed by atoms with E-state index in [1.54, 1.807) is 0 Å². The maximum Gasteiger partial charge on any atom is 0.0464 e. The zero-order valence-electron chi connectivity index (χ0n) is 50.0. The molecule has 0 saturated carbocycles. The molecule has 0 fully saturated rings. The van der Waals surface area contributed by atoms with E-state index in [4.69, 9.17) is 0 Å². The van der Waals surface area contributed by atoms with Gasteiger partial charge in [-0.15, -0.1) is 0 Å². The molecule has 6 nitrogen and oxygen atoms in total. The van der Waals surface area contributed by atoms with Gasteiger partial charge < -0.3 is 29.4 Å². The summed E-state index contributed by atoms with van der Waals surface area (Å²) >= 11 is 0. The van der Waals surface area contributed by atoms with Crippen LogP contribution in [-0.4, -0.2) is 0 Å². The Labute approximate surface area is 518 Å². The van der Waals surface area contributed by atoms with Crippen LogP contribution in [0.3, 0.4) is 0 Å². The molecule has 0 amide bonds. The number of para-hydroxylation sites is 4. The first-order valence-corrected chi connectivity index (χ1v) is 30.1. The predicted octanol–water partition coefficient (Wildman–Crippen LogP) is 23.7. The molecule has 0 N–H and O–H groups in total. The van der Waals surface area contributed by atoms with Crippen LogP contribution in [0.5, 0.6) is 0 Å². The molecule has 6 heteroatoms. The van der Waals surface area contributed by atoms with Crippen molar-refractivity contribution in [3.63, 3.8) is 0 Å². The number of nitrogens with zero attached hydrogens (tertiary/aromatic N) is 6. The van der Waals surface area contributed by atoms with Gasteiger partial charge in [0.25, 0.3) is 0 Å². The third kappa shape index (κ3) is 12.1. The summed E-state index contributed by atoms with van der Waals surface area (Å²) in [6.45, 7) is 8.59. The third-order valence-corrected chi connectivity index (χ3v) is 15.9. The van der Waals surface area contributed by atoms with Crippen molar-refractivity contribution in [2.45, 2.75) is 27.7 Å². The van der Waals surface area contributed by atoms with E-state index in [-0.39, 0.29) is 0 Å². The third-order valence-electron chi connectivity index (χ3n) is 15.9. The van der Waals surface area contributed by atoms with E-state index in [2.05, 4.69) is 397 Å². The Balaban J connectivity index is 0.807.